The average molecular weight is 291 g/mol. The van der Waals surface area contributed by atoms with Gasteiger partial charge in [-0.25, -0.2) is 0 Å². The lowest BCUT2D eigenvalue weighted by Gasteiger charge is -2.35. The highest BCUT2D eigenvalue weighted by molar-refractivity contribution is 5.61. The Morgan fingerprint density at radius 3 is 2.81 bits per heavy atom. The molecule has 1 fully saturated rings. The number of benzene rings is 1. The van der Waals surface area contributed by atoms with Crippen molar-refractivity contribution >= 4 is 11.4 Å². The van der Waals surface area contributed by atoms with Gasteiger partial charge in [-0.2, -0.15) is 0 Å². The van der Waals surface area contributed by atoms with Crippen LogP contribution in [0.25, 0.3) is 0 Å². The van der Waals surface area contributed by atoms with E-state index in [4.69, 9.17) is 0 Å². The first-order chi connectivity index (χ1) is 10.0. The Kier molecular flexibility index (Phi) is 5.17. The summed E-state index contributed by atoms with van der Waals surface area (Å²) in [6.07, 6.45) is 2.44. The van der Waals surface area contributed by atoms with E-state index in [-0.39, 0.29) is 10.6 Å². The lowest BCUT2D eigenvalue weighted by atomic mass is 9.97. The minimum Gasteiger partial charge on any atom is -0.368 e. The number of nitrogens with one attached hydrogen (secondary N) is 1. The van der Waals surface area contributed by atoms with Crippen LogP contribution in [0.1, 0.15) is 32.3 Å². The minimum absolute atomic E-state index is 0.208. The Labute approximate surface area is 126 Å². The largest absolute Gasteiger partial charge is 0.368 e. The summed E-state index contributed by atoms with van der Waals surface area (Å²) in [5, 5.41) is 14.6. The van der Waals surface area contributed by atoms with E-state index < -0.39 is 0 Å². The lowest BCUT2D eigenvalue weighted by Crippen LogP contribution is -2.41. The van der Waals surface area contributed by atoms with E-state index in [1.165, 1.54) is 12.8 Å². The summed E-state index contributed by atoms with van der Waals surface area (Å²) in [4.78, 5) is 13.1. The van der Waals surface area contributed by atoms with Crippen molar-refractivity contribution in [3.05, 3.63) is 33.9 Å². The predicted molar refractivity (Wildman–Crippen MR) is 85.9 cm³/mol. The van der Waals surface area contributed by atoms with Crippen molar-refractivity contribution in [2.75, 3.05) is 24.5 Å². The standard InChI is InChI=1S/C16H25N3O2/c1-12(2)18(11-14-6-5-9-17-10-14)15-7-4-8-16(13(15)3)19(20)21/h4,7-8,12,14,17H,5-6,9-11H2,1-3H3. The van der Waals surface area contributed by atoms with E-state index >= 15 is 0 Å². The van der Waals surface area contributed by atoms with Gasteiger partial charge in [0.1, 0.15) is 0 Å². The molecule has 0 spiro atoms. The Morgan fingerprint density at radius 2 is 2.24 bits per heavy atom. The smallest absolute Gasteiger partial charge is 0.274 e. The fourth-order valence-electron chi connectivity index (χ4n) is 3.07. The van der Waals surface area contributed by atoms with Crippen LogP contribution in [0.3, 0.4) is 0 Å². The van der Waals surface area contributed by atoms with Crippen molar-refractivity contribution in [3.8, 4) is 0 Å². The number of piperidine rings is 1. The van der Waals surface area contributed by atoms with Crippen LogP contribution >= 0.6 is 0 Å². The van der Waals surface area contributed by atoms with Crippen molar-refractivity contribution in [2.45, 2.75) is 39.7 Å². The van der Waals surface area contributed by atoms with Crippen molar-refractivity contribution in [1.29, 1.82) is 0 Å². The number of anilines is 1. The number of nitro groups is 1. The molecule has 5 heteroatoms. The van der Waals surface area contributed by atoms with Crippen LogP contribution in [-0.4, -0.2) is 30.6 Å². The number of nitro benzene ring substituents is 1. The van der Waals surface area contributed by atoms with Crippen LogP contribution < -0.4 is 10.2 Å². The third-order valence-corrected chi connectivity index (χ3v) is 4.26. The maximum Gasteiger partial charge on any atom is 0.274 e. The van der Waals surface area contributed by atoms with E-state index in [9.17, 15) is 10.1 Å². The highest BCUT2D eigenvalue weighted by atomic mass is 16.6. The molecule has 1 atom stereocenters. The molecule has 1 heterocycles. The SMILES string of the molecule is Cc1c(N(CC2CCCNC2)C(C)C)cccc1[N+](=O)[O-]. The molecule has 1 unspecified atom stereocenters. The molecular weight excluding hydrogens is 266 g/mol. The summed E-state index contributed by atoms with van der Waals surface area (Å²) < 4.78 is 0. The molecule has 2 rings (SSSR count). The van der Waals surface area contributed by atoms with Gasteiger partial charge >= 0.3 is 0 Å². The fourth-order valence-corrected chi connectivity index (χ4v) is 3.07. The maximum atomic E-state index is 11.1. The average Bonchev–Trinajstić information content (AvgIpc) is 2.46. The lowest BCUT2D eigenvalue weighted by molar-refractivity contribution is -0.385. The molecule has 1 saturated heterocycles. The van der Waals surface area contributed by atoms with Crippen LogP contribution in [0.15, 0.2) is 18.2 Å². The summed E-state index contributed by atoms with van der Waals surface area (Å²) in [5.74, 6) is 0.611. The van der Waals surface area contributed by atoms with Crippen LogP contribution in [0, 0.1) is 23.0 Å². The molecule has 0 bridgehead atoms. The second-order valence-electron chi connectivity index (χ2n) is 6.14. The van der Waals surface area contributed by atoms with E-state index in [1.54, 1.807) is 12.1 Å². The molecule has 1 N–H and O–H groups in total. The van der Waals surface area contributed by atoms with Crippen LogP contribution in [0.4, 0.5) is 11.4 Å². The molecule has 1 aromatic rings. The first kappa shape index (κ1) is 15.8. The monoisotopic (exact) mass is 291 g/mol. The van der Waals surface area contributed by atoms with Gasteiger partial charge in [-0.15, -0.1) is 0 Å². The molecule has 1 aromatic carbocycles. The Morgan fingerprint density at radius 1 is 1.48 bits per heavy atom. The highest BCUT2D eigenvalue weighted by Crippen LogP contribution is 2.30. The molecule has 116 valence electrons. The zero-order valence-corrected chi connectivity index (χ0v) is 13.1. The van der Waals surface area contributed by atoms with Gasteiger partial charge in [0.2, 0.25) is 0 Å². The molecule has 0 aliphatic carbocycles. The van der Waals surface area contributed by atoms with E-state index in [2.05, 4.69) is 24.1 Å². The van der Waals surface area contributed by atoms with Gasteiger partial charge in [-0.05, 0) is 58.7 Å². The molecule has 1 aliphatic heterocycles. The predicted octanol–water partition coefficient (Wildman–Crippen LogP) is 3.12. The summed E-state index contributed by atoms with van der Waals surface area (Å²) in [5.41, 5.74) is 1.96. The second-order valence-corrected chi connectivity index (χ2v) is 6.14. The van der Waals surface area contributed by atoms with Crippen LogP contribution in [0.2, 0.25) is 0 Å². The zero-order valence-electron chi connectivity index (χ0n) is 13.1. The number of hydrogen-bond donors (Lipinski definition) is 1. The quantitative estimate of drug-likeness (QED) is 0.669. The third kappa shape index (κ3) is 3.73. The molecule has 1 aliphatic rings. The fraction of sp³-hybridized carbons (Fsp3) is 0.625. The Bertz CT molecular complexity index is 496. The first-order valence-electron chi connectivity index (χ1n) is 7.72. The van der Waals surface area contributed by atoms with Gasteiger partial charge in [-0.3, -0.25) is 10.1 Å². The van der Waals surface area contributed by atoms with E-state index in [0.717, 1.165) is 30.9 Å². The molecule has 0 amide bonds. The molecule has 5 nitrogen and oxygen atoms in total. The van der Waals surface area contributed by atoms with Gasteiger partial charge in [0, 0.05) is 24.3 Å². The number of hydrogen-bond acceptors (Lipinski definition) is 4. The van der Waals surface area contributed by atoms with E-state index in [1.807, 2.05) is 13.0 Å². The number of rotatable bonds is 5. The van der Waals surface area contributed by atoms with Crippen LogP contribution in [-0.2, 0) is 0 Å². The molecule has 0 radical (unpaired) electrons. The van der Waals surface area contributed by atoms with Gasteiger partial charge in [0.15, 0.2) is 0 Å². The summed E-state index contributed by atoms with van der Waals surface area (Å²) in [6, 6.07) is 5.69. The normalized spacial score (nSPS) is 18.8. The molecule has 0 aromatic heterocycles. The zero-order chi connectivity index (χ0) is 15.4. The third-order valence-electron chi connectivity index (χ3n) is 4.26. The van der Waals surface area contributed by atoms with Crippen LogP contribution in [0.5, 0.6) is 0 Å². The van der Waals surface area contributed by atoms with Gasteiger partial charge < -0.3 is 10.2 Å². The Balaban J connectivity index is 2.25. The highest BCUT2D eigenvalue weighted by Gasteiger charge is 2.23. The van der Waals surface area contributed by atoms with Crippen molar-refractivity contribution in [3.63, 3.8) is 0 Å². The molecule has 21 heavy (non-hydrogen) atoms. The first-order valence-corrected chi connectivity index (χ1v) is 7.72. The molecule has 0 saturated carbocycles. The number of nitrogens with zero attached hydrogens (tertiary/aromatic N) is 2. The summed E-state index contributed by atoms with van der Waals surface area (Å²) >= 11 is 0. The minimum atomic E-state index is -0.292. The summed E-state index contributed by atoms with van der Waals surface area (Å²) in [7, 11) is 0. The topological polar surface area (TPSA) is 58.4 Å². The van der Waals surface area contributed by atoms with Gasteiger partial charge in [0.05, 0.1) is 10.5 Å². The van der Waals surface area contributed by atoms with Crippen molar-refractivity contribution in [1.82, 2.24) is 5.32 Å². The van der Waals surface area contributed by atoms with E-state index in [0.29, 0.717) is 12.0 Å². The van der Waals surface area contributed by atoms with Crippen molar-refractivity contribution < 1.29 is 4.92 Å². The van der Waals surface area contributed by atoms with Gasteiger partial charge in [0.25, 0.3) is 5.69 Å². The van der Waals surface area contributed by atoms with Gasteiger partial charge in [-0.1, -0.05) is 6.07 Å². The molecular formula is C16H25N3O2. The second kappa shape index (κ2) is 6.89. The summed E-state index contributed by atoms with van der Waals surface area (Å²) in [6.45, 7) is 9.24. The Hall–Kier alpha value is -1.62. The maximum absolute atomic E-state index is 11.1. The van der Waals surface area contributed by atoms with Crippen molar-refractivity contribution in [2.24, 2.45) is 5.92 Å².